The van der Waals surface area contributed by atoms with E-state index in [1.165, 1.54) is 24.1 Å². The third-order valence-corrected chi connectivity index (χ3v) is 5.33. The van der Waals surface area contributed by atoms with Crippen molar-refractivity contribution in [3.8, 4) is 11.5 Å². The fourth-order valence-electron chi connectivity index (χ4n) is 3.23. The van der Waals surface area contributed by atoms with E-state index in [-0.39, 0.29) is 18.0 Å². The minimum atomic E-state index is -0.354. The van der Waals surface area contributed by atoms with Crippen LogP contribution in [0.4, 0.5) is 4.39 Å². The number of aryl methyl sites for hydroxylation is 1. The zero-order valence-electron chi connectivity index (χ0n) is 17.4. The van der Waals surface area contributed by atoms with Crippen molar-refractivity contribution < 1.29 is 13.9 Å². The molecule has 1 heterocycles. The molecule has 0 saturated carbocycles. The molecule has 0 amide bonds. The van der Waals surface area contributed by atoms with Crippen LogP contribution in [0, 0.1) is 12.7 Å². The molecule has 0 aliphatic rings. The molecule has 0 saturated heterocycles. The van der Waals surface area contributed by atoms with Crippen LogP contribution in [0.2, 0.25) is 0 Å². The maximum atomic E-state index is 14.0. The van der Waals surface area contributed by atoms with Crippen LogP contribution in [-0.2, 0) is 6.61 Å². The Morgan fingerprint density at radius 2 is 1.97 bits per heavy atom. The lowest BCUT2D eigenvalue weighted by atomic mass is 10.2. The maximum absolute atomic E-state index is 14.0. The average Bonchev–Trinajstić information content (AvgIpc) is 2.79. The second-order valence-electron chi connectivity index (χ2n) is 6.94. The van der Waals surface area contributed by atoms with Crippen molar-refractivity contribution in [3.63, 3.8) is 0 Å². The lowest BCUT2D eigenvalue weighted by Gasteiger charge is -2.13. The Labute approximate surface area is 192 Å². The number of fused-ring (bicyclic) bond motifs is 1. The molecule has 0 bridgehead atoms. The number of para-hydroxylation sites is 1. The van der Waals surface area contributed by atoms with E-state index in [4.69, 9.17) is 9.47 Å². The highest BCUT2D eigenvalue weighted by Crippen LogP contribution is 2.31. The molecule has 3 aromatic carbocycles. The molecule has 4 aromatic rings. The van der Waals surface area contributed by atoms with Crippen molar-refractivity contribution in [1.82, 2.24) is 9.66 Å². The Morgan fingerprint density at radius 1 is 1.16 bits per heavy atom. The van der Waals surface area contributed by atoms with Crippen LogP contribution in [0.15, 0.2) is 75.0 Å². The van der Waals surface area contributed by atoms with Gasteiger partial charge in [-0.3, -0.25) is 4.79 Å². The van der Waals surface area contributed by atoms with Crippen molar-refractivity contribution in [2.75, 3.05) is 7.11 Å². The number of rotatable bonds is 6. The summed E-state index contributed by atoms with van der Waals surface area (Å²) in [6.45, 7) is 1.72. The van der Waals surface area contributed by atoms with Gasteiger partial charge in [0.05, 0.1) is 24.2 Å². The van der Waals surface area contributed by atoms with Crippen molar-refractivity contribution in [3.05, 3.63) is 98.3 Å². The second kappa shape index (κ2) is 9.32. The molecule has 0 aliphatic carbocycles. The van der Waals surface area contributed by atoms with Crippen LogP contribution in [0.3, 0.4) is 0 Å². The standard InChI is InChI=1S/C24H19BrFN3O3/c1-15-28-21-11-10-18(25)12-19(21)24(30)29(15)27-13-16-7-5-9-22(31-2)23(16)32-14-17-6-3-4-8-20(17)26/h3-13H,14H2,1-2H3. The Bertz CT molecular complexity index is 1390. The minimum Gasteiger partial charge on any atom is -0.493 e. The van der Waals surface area contributed by atoms with Gasteiger partial charge in [0.15, 0.2) is 11.5 Å². The van der Waals surface area contributed by atoms with E-state index in [9.17, 15) is 9.18 Å². The maximum Gasteiger partial charge on any atom is 0.282 e. The van der Waals surface area contributed by atoms with Gasteiger partial charge in [0.25, 0.3) is 5.56 Å². The third-order valence-electron chi connectivity index (χ3n) is 4.84. The largest absolute Gasteiger partial charge is 0.493 e. The first-order chi connectivity index (χ1) is 15.5. The first-order valence-corrected chi connectivity index (χ1v) is 10.5. The summed E-state index contributed by atoms with van der Waals surface area (Å²) in [7, 11) is 1.52. The number of nitrogens with zero attached hydrogens (tertiary/aromatic N) is 3. The van der Waals surface area contributed by atoms with Gasteiger partial charge < -0.3 is 9.47 Å². The molecule has 0 radical (unpaired) electrons. The Balaban J connectivity index is 1.72. The number of aromatic nitrogens is 2. The van der Waals surface area contributed by atoms with Crippen molar-refractivity contribution >= 4 is 33.0 Å². The van der Waals surface area contributed by atoms with E-state index < -0.39 is 0 Å². The molecule has 8 heteroatoms. The Morgan fingerprint density at radius 3 is 2.75 bits per heavy atom. The first-order valence-electron chi connectivity index (χ1n) is 9.74. The van der Waals surface area contributed by atoms with Crippen molar-refractivity contribution in [2.24, 2.45) is 5.10 Å². The van der Waals surface area contributed by atoms with E-state index in [1.54, 1.807) is 55.5 Å². The quantitative estimate of drug-likeness (QED) is 0.350. The fourth-order valence-corrected chi connectivity index (χ4v) is 3.59. The summed E-state index contributed by atoms with van der Waals surface area (Å²) < 4.78 is 27.3. The van der Waals surface area contributed by atoms with Gasteiger partial charge in [-0.1, -0.05) is 40.2 Å². The van der Waals surface area contributed by atoms with Gasteiger partial charge in [-0.05, 0) is 43.3 Å². The van der Waals surface area contributed by atoms with Gasteiger partial charge in [0, 0.05) is 15.6 Å². The van der Waals surface area contributed by atoms with Crippen molar-refractivity contribution in [2.45, 2.75) is 13.5 Å². The molecule has 0 N–H and O–H groups in total. The van der Waals surface area contributed by atoms with Crippen molar-refractivity contribution in [1.29, 1.82) is 0 Å². The van der Waals surface area contributed by atoms with E-state index >= 15 is 0 Å². The molecular weight excluding hydrogens is 477 g/mol. The highest BCUT2D eigenvalue weighted by molar-refractivity contribution is 9.10. The first kappa shape index (κ1) is 21.7. The lowest BCUT2D eigenvalue weighted by Crippen LogP contribution is -2.20. The summed E-state index contributed by atoms with van der Waals surface area (Å²) >= 11 is 3.38. The fraction of sp³-hybridized carbons (Fsp3) is 0.125. The van der Waals surface area contributed by atoms with E-state index in [2.05, 4.69) is 26.0 Å². The summed E-state index contributed by atoms with van der Waals surface area (Å²) in [5.41, 5.74) is 1.29. The highest BCUT2D eigenvalue weighted by Gasteiger charge is 2.12. The van der Waals surface area contributed by atoms with Crippen LogP contribution in [0.25, 0.3) is 10.9 Å². The molecule has 4 rings (SSSR count). The molecule has 0 fully saturated rings. The van der Waals surface area contributed by atoms with Crippen LogP contribution in [0.1, 0.15) is 17.0 Å². The Kier molecular flexibility index (Phi) is 6.32. The van der Waals surface area contributed by atoms with Crippen LogP contribution in [-0.4, -0.2) is 23.0 Å². The zero-order chi connectivity index (χ0) is 22.7. The van der Waals surface area contributed by atoms with Gasteiger partial charge in [-0.25, -0.2) is 9.37 Å². The molecule has 6 nitrogen and oxygen atoms in total. The average molecular weight is 496 g/mol. The number of benzene rings is 3. The monoisotopic (exact) mass is 495 g/mol. The smallest absolute Gasteiger partial charge is 0.282 e. The molecule has 0 aliphatic heterocycles. The van der Waals surface area contributed by atoms with E-state index in [1.807, 2.05) is 6.07 Å². The number of hydrogen-bond donors (Lipinski definition) is 0. The zero-order valence-corrected chi connectivity index (χ0v) is 19.0. The molecule has 32 heavy (non-hydrogen) atoms. The predicted molar refractivity (Wildman–Crippen MR) is 125 cm³/mol. The molecule has 1 aromatic heterocycles. The minimum absolute atomic E-state index is 0.0123. The van der Waals surface area contributed by atoms with Gasteiger partial charge in [0.2, 0.25) is 0 Å². The molecule has 0 unspecified atom stereocenters. The van der Waals surface area contributed by atoms with Gasteiger partial charge >= 0.3 is 0 Å². The molecule has 162 valence electrons. The number of hydrogen-bond acceptors (Lipinski definition) is 5. The van der Waals surface area contributed by atoms with Crippen LogP contribution >= 0.6 is 15.9 Å². The lowest BCUT2D eigenvalue weighted by molar-refractivity contribution is 0.279. The highest BCUT2D eigenvalue weighted by atomic mass is 79.9. The van der Waals surface area contributed by atoms with Gasteiger partial charge in [0.1, 0.15) is 18.2 Å². The Hall–Kier alpha value is -3.52. The number of ether oxygens (including phenoxy) is 2. The third kappa shape index (κ3) is 4.40. The SMILES string of the molecule is COc1cccc(C=Nn2c(C)nc3ccc(Br)cc3c2=O)c1OCc1ccccc1F. The molecular formula is C24H19BrFN3O3. The molecule has 0 spiro atoms. The molecule has 0 atom stereocenters. The second-order valence-corrected chi connectivity index (χ2v) is 7.86. The summed E-state index contributed by atoms with van der Waals surface area (Å²) in [5, 5.41) is 4.80. The number of halogens is 2. The van der Waals surface area contributed by atoms with Gasteiger partial charge in [-0.15, -0.1) is 0 Å². The predicted octanol–water partition coefficient (Wildman–Crippen LogP) is 5.08. The normalized spacial score (nSPS) is 11.2. The van der Waals surface area contributed by atoms with E-state index in [0.29, 0.717) is 39.4 Å². The topological polar surface area (TPSA) is 65.7 Å². The van der Waals surface area contributed by atoms with Crippen LogP contribution < -0.4 is 15.0 Å². The summed E-state index contributed by atoms with van der Waals surface area (Å²) in [4.78, 5) is 17.4. The van der Waals surface area contributed by atoms with Gasteiger partial charge in [-0.2, -0.15) is 9.78 Å². The van der Waals surface area contributed by atoms with Crippen LogP contribution in [0.5, 0.6) is 11.5 Å². The summed E-state index contributed by atoms with van der Waals surface area (Å²) in [6, 6.07) is 17.0. The summed E-state index contributed by atoms with van der Waals surface area (Å²) in [5.74, 6) is 0.949. The number of methoxy groups -OCH3 is 1. The van der Waals surface area contributed by atoms with E-state index in [0.717, 1.165) is 4.47 Å². The summed E-state index contributed by atoms with van der Waals surface area (Å²) in [6.07, 6.45) is 1.50.